The molecule has 6 heteroatoms. The summed E-state index contributed by atoms with van der Waals surface area (Å²) in [6, 6.07) is 10.3. The van der Waals surface area contributed by atoms with Crippen molar-refractivity contribution in [3.8, 4) is 5.75 Å². The summed E-state index contributed by atoms with van der Waals surface area (Å²) >= 11 is 11.8. The van der Waals surface area contributed by atoms with Gasteiger partial charge < -0.3 is 10.1 Å². The highest BCUT2D eigenvalue weighted by Crippen LogP contribution is 2.23. The van der Waals surface area contributed by atoms with Crippen molar-refractivity contribution in [3.05, 3.63) is 63.4 Å². The van der Waals surface area contributed by atoms with E-state index < -0.39 is 5.82 Å². The normalized spacial score (nSPS) is 10.6. The Morgan fingerprint density at radius 3 is 2.48 bits per heavy atom. The van der Waals surface area contributed by atoms with E-state index in [1.54, 1.807) is 18.2 Å². The van der Waals surface area contributed by atoms with Crippen molar-refractivity contribution in [2.24, 2.45) is 0 Å². The summed E-state index contributed by atoms with van der Waals surface area (Å²) in [4.78, 5) is 11.9. The lowest BCUT2D eigenvalue weighted by molar-refractivity contribution is -0.121. The van der Waals surface area contributed by atoms with Crippen molar-refractivity contribution >= 4 is 29.1 Å². The van der Waals surface area contributed by atoms with Crippen LogP contribution in [0, 0.1) is 5.82 Å². The number of halogens is 3. The predicted molar refractivity (Wildman–Crippen MR) is 99.1 cm³/mol. The molecule has 0 aliphatic heterocycles. The third-order valence-electron chi connectivity index (χ3n) is 3.81. The highest BCUT2D eigenvalue weighted by Gasteiger charge is 2.06. The number of carbonyl (C=O) groups is 1. The minimum Gasteiger partial charge on any atom is -0.494 e. The van der Waals surface area contributed by atoms with Crippen molar-refractivity contribution in [2.45, 2.75) is 25.7 Å². The number of hydrogen-bond donors (Lipinski definition) is 1. The zero-order chi connectivity index (χ0) is 18.2. The molecule has 2 rings (SSSR count). The van der Waals surface area contributed by atoms with E-state index in [0.29, 0.717) is 29.4 Å². The van der Waals surface area contributed by atoms with Crippen LogP contribution < -0.4 is 10.1 Å². The van der Waals surface area contributed by atoms with Gasteiger partial charge in [-0.3, -0.25) is 4.79 Å². The molecule has 0 unspecified atom stereocenters. The van der Waals surface area contributed by atoms with E-state index in [1.165, 1.54) is 13.2 Å². The van der Waals surface area contributed by atoms with Crippen molar-refractivity contribution in [1.82, 2.24) is 5.32 Å². The Bertz CT molecular complexity index is 737. The van der Waals surface area contributed by atoms with E-state index in [-0.39, 0.29) is 11.7 Å². The average molecular weight is 384 g/mol. The first kappa shape index (κ1) is 19.5. The average Bonchev–Trinajstić information content (AvgIpc) is 2.60. The molecule has 134 valence electrons. The van der Waals surface area contributed by atoms with E-state index in [4.69, 9.17) is 27.9 Å². The lowest BCUT2D eigenvalue weighted by atomic mass is 10.1. The van der Waals surface area contributed by atoms with E-state index >= 15 is 0 Å². The molecule has 0 aliphatic rings. The second kappa shape index (κ2) is 9.64. The maximum absolute atomic E-state index is 13.6. The number of methoxy groups -OCH3 is 1. The molecule has 25 heavy (non-hydrogen) atoms. The van der Waals surface area contributed by atoms with Crippen molar-refractivity contribution in [1.29, 1.82) is 0 Å². The molecule has 0 aromatic heterocycles. The SMILES string of the molecule is COc1ccc(CCC(=O)NCCCc2ccc(Cl)c(Cl)c2)cc1F. The van der Waals surface area contributed by atoms with Crippen LogP contribution in [0.15, 0.2) is 36.4 Å². The summed E-state index contributed by atoms with van der Waals surface area (Å²) in [5.74, 6) is -0.261. The monoisotopic (exact) mass is 383 g/mol. The molecule has 0 saturated heterocycles. The minimum atomic E-state index is -0.415. The highest BCUT2D eigenvalue weighted by atomic mass is 35.5. The first-order chi connectivity index (χ1) is 12.0. The lowest BCUT2D eigenvalue weighted by Crippen LogP contribution is -2.25. The Morgan fingerprint density at radius 2 is 1.80 bits per heavy atom. The summed E-state index contributed by atoms with van der Waals surface area (Å²) in [6.45, 7) is 0.579. The Kier molecular flexibility index (Phi) is 7.53. The van der Waals surface area contributed by atoms with Crippen LogP contribution >= 0.6 is 23.2 Å². The van der Waals surface area contributed by atoms with E-state index in [2.05, 4.69) is 5.32 Å². The van der Waals surface area contributed by atoms with Gasteiger partial charge in [0.1, 0.15) is 0 Å². The molecular weight excluding hydrogens is 364 g/mol. The number of aryl methyl sites for hydroxylation is 2. The quantitative estimate of drug-likeness (QED) is 0.663. The fourth-order valence-corrected chi connectivity index (χ4v) is 2.75. The molecule has 0 radical (unpaired) electrons. The Balaban J connectivity index is 1.68. The van der Waals surface area contributed by atoms with Crippen LogP contribution in [-0.2, 0) is 17.6 Å². The van der Waals surface area contributed by atoms with Crippen LogP contribution in [0.1, 0.15) is 24.0 Å². The topological polar surface area (TPSA) is 38.3 Å². The van der Waals surface area contributed by atoms with Crippen LogP contribution in [0.4, 0.5) is 4.39 Å². The number of ether oxygens (including phenoxy) is 1. The maximum Gasteiger partial charge on any atom is 0.220 e. The Hall–Kier alpha value is -1.78. The van der Waals surface area contributed by atoms with Crippen molar-refractivity contribution < 1.29 is 13.9 Å². The number of carbonyl (C=O) groups excluding carboxylic acids is 1. The smallest absolute Gasteiger partial charge is 0.220 e. The van der Waals surface area contributed by atoms with E-state index in [9.17, 15) is 9.18 Å². The van der Waals surface area contributed by atoms with Gasteiger partial charge in [0, 0.05) is 13.0 Å². The van der Waals surface area contributed by atoms with Gasteiger partial charge in [-0.1, -0.05) is 35.3 Å². The molecule has 0 bridgehead atoms. The van der Waals surface area contributed by atoms with Gasteiger partial charge in [0.25, 0.3) is 0 Å². The van der Waals surface area contributed by atoms with Gasteiger partial charge in [-0.15, -0.1) is 0 Å². The maximum atomic E-state index is 13.6. The Morgan fingerprint density at radius 1 is 1.08 bits per heavy atom. The number of nitrogens with one attached hydrogen (secondary N) is 1. The van der Waals surface area contributed by atoms with Crippen LogP contribution in [-0.4, -0.2) is 19.6 Å². The van der Waals surface area contributed by atoms with Gasteiger partial charge in [-0.2, -0.15) is 0 Å². The van der Waals surface area contributed by atoms with Gasteiger partial charge >= 0.3 is 0 Å². The Labute approximate surface area is 157 Å². The van der Waals surface area contributed by atoms with Crippen LogP contribution in [0.5, 0.6) is 5.75 Å². The molecule has 0 saturated carbocycles. The van der Waals surface area contributed by atoms with Gasteiger partial charge in [-0.25, -0.2) is 4.39 Å². The molecule has 0 spiro atoms. The van der Waals surface area contributed by atoms with Crippen molar-refractivity contribution in [3.63, 3.8) is 0 Å². The molecule has 0 aliphatic carbocycles. The number of benzene rings is 2. The lowest BCUT2D eigenvalue weighted by Gasteiger charge is -2.07. The summed E-state index contributed by atoms with van der Waals surface area (Å²) in [5.41, 5.74) is 1.85. The molecule has 0 heterocycles. The highest BCUT2D eigenvalue weighted by molar-refractivity contribution is 6.42. The van der Waals surface area contributed by atoms with Gasteiger partial charge in [-0.05, 0) is 54.7 Å². The summed E-state index contributed by atoms with van der Waals surface area (Å²) < 4.78 is 18.5. The number of rotatable bonds is 8. The standard InChI is InChI=1S/C19H20Cl2FNO2/c1-25-18-8-5-14(12-17(18)22)6-9-19(24)23-10-2-3-13-4-7-15(20)16(21)11-13/h4-5,7-8,11-12H,2-3,6,9-10H2,1H3,(H,23,24). The second-order valence-corrected chi connectivity index (χ2v) is 6.49. The summed E-state index contributed by atoms with van der Waals surface area (Å²) in [6.07, 6.45) is 2.42. The van der Waals surface area contributed by atoms with Gasteiger partial charge in [0.15, 0.2) is 11.6 Å². The third kappa shape index (κ3) is 6.22. The molecule has 3 nitrogen and oxygen atoms in total. The van der Waals surface area contributed by atoms with Gasteiger partial charge in [0.05, 0.1) is 17.2 Å². The zero-order valence-corrected chi connectivity index (χ0v) is 15.5. The second-order valence-electron chi connectivity index (χ2n) is 5.67. The molecule has 2 aromatic carbocycles. The largest absolute Gasteiger partial charge is 0.494 e. The molecular formula is C19H20Cl2FNO2. The molecule has 2 aromatic rings. The minimum absolute atomic E-state index is 0.0506. The number of hydrogen-bond acceptors (Lipinski definition) is 2. The third-order valence-corrected chi connectivity index (χ3v) is 4.54. The predicted octanol–water partition coefficient (Wildman–Crippen LogP) is 4.82. The first-order valence-electron chi connectivity index (χ1n) is 8.02. The van der Waals surface area contributed by atoms with Crippen LogP contribution in [0.25, 0.3) is 0 Å². The molecule has 0 fully saturated rings. The zero-order valence-electron chi connectivity index (χ0n) is 14.0. The fourth-order valence-electron chi connectivity index (χ4n) is 2.43. The first-order valence-corrected chi connectivity index (χ1v) is 8.78. The molecule has 1 amide bonds. The molecule has 0 atom stereocenters. The fraction of sp³-hybridized carbons (Fsp3) is 0.316. The van der Waals surface area contributed by atoms with E-state index in [1.807, 2.05) is 12.1 Å². The van der Waals surface area contributed by atoms with Crippen molar-refractivity contribution in [2.75, 3.05) is 13.7 Å². The van der Waals surface area contributed by atoms with Crippen LogP contribution in [0.2, 0.25) is 10.0 Å². The van der Waals surface area contributed by atoms with Gasteiger partial charge in [0.2, 0.25) is 5.91 Å². The summed E-state index contributed by atoms with van der Waals surface area (Å²) in [7, 11) is 1.42. The number of amides is 1. The van der Waals surface area contributed by atoms with Crippen LogP contribution in [0.3, 0.4) is 0 Å². The van der Waals surface area contributed by atoms with E-state index in [0.717, 1.165) is 24.0 Å². The summed E-state index contributed by atoms with van der Waals surface area (Å²) in [5, 5.41) is 3.94. The molecule has 1 N–H and O–H groups in total.